The third-order valence-corrected chi connectivity index (χ3v) is 5.19. The molecule has 1 saturated carbocycles. The van der Waals surface area contributed by atoms with Crippen molar-refractivity contribution in [1.82, 2.24) is 19.4 Å². The molecule has 2 fully saturated rings. The van der Waals surface area contributed by atoms with Crippen molar-refractivity contribution in [3.63, 3.8) is 0 Å². The van der Waals surface area contributed by atoms with Crippen molar-refractivity contribution in [2.45, 2.75) is 32.2 Å². The van der Waals surface area contributed by atoms with Crippen molar-refractivity contribution in [2.75, 3.05) is 26.2 Å². The first kappa shape index (κ1) is 14.7. The molecule has 1 aliphatic carbocycles. The first-order valence-corrected chi connectivity index (χ1v) is 8.74. The molecule has 0 unspecified atom stereocenters. The Bertz CT molecular complexity index is 648. The van der Waals surface area contributed by atoms with Gasteiger partial charge in [0.2, 0.25) is 5.91 Å². The Morgan fingerprint density at radius 2 is 1.91 bits per heavy atom. The lowest BCUT2D eigenvalue weighted by atomic mass is 10.1. The van der Waals surface area contributed by atoms with E-state index in [1.54, 1.807) is 0 Å². The Morgan fingerprint density at radius 1 is 1.13 bits per heavy atom. The molecule has 0 aromatic carbocycles. The van der Waals surface area contributed by atoms with E-state index in [0.717, 1.165) is 56.8 Å². The van der Waals surface area contributed by atoms with Crippen LogP contribution in [0.5, 0.6) is 0 Å². The van der Waals surface area contributed by atoms with Gasteiger partial charge in [0, 0.05) is 44.8 Å². The number of amides is 1. The third kappa shape index (κ3) is 3.11. The van der Waals surface area contributed by atoms with Crippen LogP contribution >= 0.6 is 0 Å². The average Bonchev–Trinajstić information content (AvgIpc) is 3.24. The number of hydrogen-bond donors (Lipinski definition) is 0. The second-order valence-electron chi connectivity index (χ2n) is 6.79. The van der Waals surface area contributed by atoms with Gasteiger partial charge in [-0.2, -0.15) is 5.10 Å². The second kappa shape index (κ2) is 6.32. The van der Waals surface area contributed by atoms with E-state index >= 15 is 0 Å². The van der Waals surface area contributed by atoms with Crippen LogP contribution < -0.4 is 0 Å². The number of pyridine rings is 1. The Balaban J connectivity index is 1.33. The van der Waals surface area contributed by atoms with E-state index in [1.165, 1.54) is 12.8 Å². The van der Waals surface area contributed by atoms with Crippen LogP contribution in [0.15, 0.2) is 30.5 Å². The highest BCUT2D eigenvalue weighted by molar-refractivity contribution is 5.79. The minimum absolute atomic E-state index is 0.306. The molecule has 5 nitrogen and oxygen atoms in total. The fourth-order valence-corrected chi connectivity index (χ4v) is 3.85. The lowest BCUT2D eigenvalue weighted by Gasteiger charge is -2.35. The monoisotopic (exact) mass is 312 g/mol. The van der Waals surface area contributed by atoms with Gasteiger partial charge in [-0.3, -0.25) is 9.69 Å². The Kier molecular flexibility index (Phi) is 4.04. The van der Waals surface area contributed by atoms with Crippen LogP contribution in [0.3, 0.4) is 0 Å². The molecule has 0 spiro atoms. The number of carbonyl (C=O) groups is 1. The van der Waals surface area contributed by atoms with E-state index in [1.807, 2.05) is 22.8 Å². The molecule has 1 aliphatic heterocycles. The molecule has 0 atom stereocenters. The van der Waals surface area contributed by atoms with Crippen molar-refractivity contribution in [3.05, 3.63) is 36.2 Å². The number of hydrogen-bond acceptors (Lipinski definition) is 3. The molecule has 0 bridgehead atoms. The molecular weight excluding hydrogens is 288 g/mol. The highest BCUT2D eigenvalue weighted by atomic mass is 16.2. The van der Waals surface area contributed by atoms with Gasteiger partial charge in [0.1, 0.15) is 0 Å². The fraction of sp³-hybridized carbons (Fsp3) is 0.556. The van der Waals surface area contributed by atoms with Gasteiger partial charge in [0.05, 0.1) is 11.2 Å². The van der Waals surface area contributed by atoms with Gasteiger partial charge in [0.25, 0.3) is 0 Å². The molecule has 3 heterocycles. The van der Waals surface area contributed by atoms with Crippen LogP contribution in [0.25, 0.3) is 5.52 Å². The number of rotatable bonds is 3. The minimum atomic E-state index is 0.306. The predicted octanol–water partition coefficient (Wildman–Crippen LogP) is 2.17. The summed E-state index contributed by atoms with van der Waals surface area (Å²) in [6.45, 7) is 4.50. The van der Waals surface area contributed by atoms with Crippen LogP contribution in [0.2, 0.25) is 0 Å². The van der Waals surface area contributed by atoms with E-state index in [2.05, 4.69) is 27.0 Å². The summed E-state index contributed by atoms with van der Waals surface area (Å²) in [4.78, 5) is 17.0. The summed E-state index contributed by atoms with van der Waals surface area (Å²) >= 11 is 0. The number of carbonyl (C=O) groups excluding carboxylic acids is 1. The molecule has 0 N–H and O–H groups in total. The molecule has 23 heavy (non-hydrogen) atoms. The maximum Gasteiger partial charge on any atom is 0.225 e. The molecule has 4 rings (SSSR count). The highest BCUT2D eigenvalue weighted by Gasteiger charge is 2.29. The summed E-state index contributed by atoms with van der Waals surface area (Å²) in [7, 11) is 0. The molecule has 5 heteroatoms. The van der Waals surface area contributed by atoms with E-state index in [9.17, 15) is 4.79 Å². The third-order valence-electron chi connectivity index (χ3n) is 5.19. The second-order valence-corrected chi connectivity index (χ2v) is 6.79. The van der Waals surface area contributed by atoms with E-state index in [0.29, 0.717) is 11.8 Å². The predicted molar refractivity (Wildman–Crippen MR) is 89.0 cm³/mol. The Morgan fingerprint density at radius 3 is 2.65 bits per heavy atom. The van der Waals surface area contributed by atoms with Gasteiger partial charge in [-0.05, 0) is 31.0 Å². The Labute approximate surface area is 136 Å². The van der Waals surface area contributed by atoms with Crippen LogP contribution in [0, 0.1) is 5.92 Å². The number of aromatic nitrogens is 2. The fourth-order valence-electron chi connectivity index (χ4n) is 3.85. The van der Waals surface area contributed by atoms with E-state index in [4.69, 9.17) is 0 Å². The first-order valence-electron chi connectivity index (χ1n) is 8.74. The molecular formula is C18H24N4O. The molecule has 1 amide bonds. The zero-order chi connectivity index (χ0) is 15.6. The van der Waals surface area contributed by atoms with Gasteiger partial charge in [0.15, 0.2) is 0 Å². The molecule has 122 valence electrons. The van der Waals surface area contributed by atoms with Crippen LogP contribution in [-0.2, 0) is 11.3 Å². The summed E-state index contributed by atoms with van der Waals surface area (Å²) < 4.78 is 1.93. The normalized spacial score (nSPS) is 20.4. The van der Waals surface area contributed by atoms with Crippen LogP contribution in [0.4, 0.5) is 0 Å². The summed E-state index contributed by atoms with van der Waals surface area (Å²) in [5.41, 5.74) is 2.24. The number of nitrogens with zero attached hydrogens (tertiary/aromatic N) is 4. The van der Waals surface area contributed by atoms with Crippen molar-refractivity contribution in [2.24, 2.45) is 5.92 Å². The summed E-state index contributed by atoms with van der Waals surface area (Å²) in [5.74, 6) is 0.704. The van der Waals surface area contributed by atoms with Gasteiger partial charge in [-0.15, -0.1) is 0 Å². The molecule has 2 aromatic rings. The quantitative estimate of drug-likeness (QED) is 0.872. The van der Waals surface area contributed by atoms with Crippen LogP contribution in [0.1, 0.15) is 31.4 Å². The van der Waals surface area contributed by atoms with Crippen molar-refractivity contribution in [1.29, 1.82) is 0 Å². The smallest absolute Gasteiger partial charge is 0.225 e. The van der Waals surface area contributed by atoms with E-state index < -0.39 is 0 Å². The topological polar surface area (TPSA) is 40.9 Å². The van der Waals surface area contributed by atoms with Gasteiger partial charge in [-0.25, -0.2) is 4.52 Å². The highest BCUT2D eigenvalue weighted by Crippen LogP contribution is 2.27. The maximum atomic E-state index is 12.5. The summed E-state index contributed by atoms with van der Waals surface area (Å²) in [6, 6.07) is 8.26. The van der Waals surface area contributed by atoms with Gasteiger partial charge >= 0.3 is 0 Å². The first-order chi connectivity index (χ1) is 11.3. The maximum absolute atomic E-state index is 12.5. The minimum Gasteiger partial charge on any atom is -0.340 e. The Hall–Kier alpha value is -1.88. The van der Waals surface area contributed by atoms with Gasteiger partial charge in [-0.1, -0.05) is 18.9 Å². The lowest BCUT2D eigenvalue weighted by Crippen LogP contribution is -2.49. The SMILES string of the molecule is O=C(C1CCCC1)N1CCN(Cc2cc3ccccn3n2)CC1. The van der Waals surface area contributed by atoms with Crippen molar-refractivity contribution >= 4 is 11.4 Å². The van der Waals surface area contributed by atoms with Crippen molar-refractivity contribution in [3.8, 4) is 0 Å². The summed E-state index contributed by atoms with van der Waals surface area (Å²) in [5, 5.41) is 4.62. The lowest BCUT2D eigenvalue weighted by molar-refractivity contribution is -0.137. The molecule has 1 saturated heterocycles. The van der Waals surface area contributed by atoms with Gasteiger partial charge < -0.3 is 4.90 Å². The zero-order valence-corrected chi connectivity index (χ0v) is 13.5. The largest absolute Gasteiger partial charge is 0.340 e. The van der Waals surface area contributed by atoms with Crippen molar-refractivity contribution < 1.29 is 4.79 Å². The molecule has 0 radical (unpaired) electrons. The molecule has 2 aromatic heterocycles. The van der Waals surface area contributed by atoms with Crippen LogP contribution in [-0.4, -0.2) is 51.5 Å². The summed E-state index contributed by atoms with van der Waals surface area (Å²) in [6.07, 6.45) is 6.63. The van der Waals surface area contributed by atoms with E-state index in [-0.39, 0.29) is 0 Å². The number of piperazine rings is 1. The average molecular weight is 312 g/mol. The standard InChI is InChI=1S/C18H24N4O/c23-18(15-5-1-2-6-15)21-11-9-20(10-12-21)14-16-13-17-7-3-4-8-22(17)19-16/h3-4,7-8,13,15H,1-2,5-6,9-12,14H2. The number of fused-ring (bicyclic) bond motifs is 1. The zero-order valence-electron chi connectivity index (χ0n) is 13.5. The molecule has 2 aliphatic rings.